The lowest BCUT2D eigenvalue weighted by Crippen LogP contribution is -2.41. The largest absolute Gasteiger partial charge is 0.359 e. The molecule has 1 unspecified atom stereocenters. The number of anilines is 1. The number of amides is 2. The summed E-state index contributed by atoms with van der Waals surface area (Å²) in [5.41, 5.74) is 2.07. The Bertz CT molecular complexity index is 742. The summed E-state index contributed by atoms with van der Waals surface area (Å²) in [5, 5.41) is 2.62. The molecule has 0 radical (unpaired) electrons. The molecule has 4 nitrogen and oxygen atoms in total. The fraction of sp³-hybridized carbons (Fsp3) is 0.263. The molecule has 1 aliphatic heterocycles. The van der Waals surface area contributed by atoms with E-state index in [0.717, 1.165) is 16.8 Å². The van der Waals surface area contributed by atoms with E-state index in [1.165, 1.54) is 0 Å². The maximum atomic E-state index is 13.1. The molecular formula is C19H20N2O2. The van der Waals surface area contributed by atoms with Crippen molar-refractivity contribution >= 4 is 17.5 Å². The number of para-hydroxylation sites is 1. The smallest absolute Gasteiger partial charge is 0.238 e. The quantitative estimate of drug-likeness (QED) is 0.944. The third-order valence-electron chi connectivity index (χ3n) is 4.48. The monoisotopic (exact) mass is 308 g/mol. The molecule has 3 rings (SSSR count). The predicted molar refractivity (Wildman–Crippen MR) is 90.1 cm³/mol. The van der Waals surface area contributed by atoms with Crippen LogP contribution in [0.1, 0.15) is 24.5 Å². The molecule has 1 aliphatic rings. The molecule has 0 saturated heterocycles. The number of carbonyl (C=O) groups excluding carboxylic acids is 2. The van der Waals surface area contributed by atoms with Gasteiger partial charge in [0.2, 0.25) is 11.8 Å². The highest BCUT2D eigenvalue weighted by molar-refractivity contribution is 6.09. The number of carbonyl (C=O) groups is 2. The van der Waals surface area contributed by atoms with Gasteiger partial charge in [-0.15, -0.1) is 0 Å². The fourth-order valence-corrected chi connectivity index (χ4v) is 3.20. The van der Waals surface area contributed by atoms with Crippen LogP contribution in [0.15, 0.2) is 54.6 Å². The summed E-state index contributed by atoms with van der Waals surface area (Å²) >= 11 is 0. The average Bonchev–Trinajstić information content (AvgIpc) is 2.78. The first-order valence-corrected chi connectivity index (χ1v) is 7.72. The van der Waals surface area contributed by atoms with Gasteiger partial charge in [0.05, 0.1) is 12.0 Å². The Morgan fingerprint density at radius 3 is 2.43 bits per heavy atom. The van der Waals surface area contributed by atoms with E-state index in [1.807, 2.05) is 61.5 Å². The van der Waals surface area contributed by atoms with E-state index in [1.54, 1.807) is 11.9 Å². The minimum absolute atomic E-state index is 0.0221. The van der Waals surface area contributed by atoms with Crippen LogP contribution in [0.2, 0.25) is 0 Å². The topological polar surface area (TPSA) is 49.4 Å². The second-order valence-electron chi connectivity index (χ2n) is 6.08. The van der Waals surface area contributed by atoms with Gasteiger partial charge in [-0.1, -0.05) is 48.5 Å². The number of benzene rings is 2. The number of fused-ring (bicyclic) bond motifs is 1. The third kappa shape index (κ3) is 2.61. The van der Waals surface area contributed by atoms with Gasteiger partial charge in [-0.25, -0.2) is 0 Å². The SMILES string of the molecule is CNC(=O)CC1(C)C(=O)N(Cc2ccccc2)c2ccccc21. The maximum absolute atomic E-state index is 13.1. The molecule has 2 aromatic rings. The van der Waals surface area contributed by atoms with Crippen LogP contribution in [0.4, 0.5) is 5.69 Å². The van der Waals surface area contributed by atoms with Crippen LogP contribution < -0.4 is 10.2 Å². The third-order valence-corrected chi connectivity index (χ3v) is 4.48. The van der Waals surface area contributed by atoms with Crippen LogP contribution in [0.25, 0.3) is 0 Å². The molecule has 0 saturated carbocycles. The van der Waals surface area contributed by atoms with Crippen LogP contribution in [0.5, 0.6) is 0 Å². The zero-order valence-electron chi connectivity index (χ0n) is 13.4. The molecular weight excluding hydrogens is 288 g/mol. The first-order valence-electron chi connectivity index (χ1n) is 7.72. The number of nitrogens with zero attached hydrogens (tertiary/aromatic N) is 1. The van der Waals surface area contributed by atoms with Crippen molar-refractivity contribution in [2.24, 2.45) is 0 Å². The first kappa shape index (κ1) is 15.3. The van der Waals surface area contributed by atoms with Crippen molar-refractivity contribution < 1.29 is 9.59 Å². The summed E-state index contributed by atoms with van der Waals surface area (Å²) in [5.74, 6) is -0.150. The summed E-state index contributed by atoms with van der Waals surface area (Å²) in [7, 11) is 1.60. The highest BCUT2D eigenvalue weighted by Gasteiger charge is 2.48. The molecule has 2 aromatic carbocycles. The molecule has 1 atom stereocenters. The van der Waals surface area contributed by atoms with Gasteiger partial charge in [0, 0.05) is 19.2 Å². The van der Waals surface area contributed by atoms with Gasteiger partial charge in [0.15, 0.2) is 0 Å². The Morgan fingerprint density at radius 2 is 1.74 bits per heavy atom. The summed E-state index contributed by atoms with van der Waals surface area (Å²) in [6.45, 7) is 2.37. The normalized spacial score (nSPS) is 19.6. The van der Waals surface area contributed by atoms with Crippen molar-refractivity contribution in [2.45, 2.75) is 25.3 Å². The zero-order valence-corrected chi connectivity index (χ0v) is 13.4. The fourth-order valence-electron chi connectivity index (χ4n) is 3.20. The minimum atomic E-state index is -0.814. The molecule has 0 aliphatic carbocycles. The summed E-state index contributed by atoms with van der Waals surface area (Å²) in [6, 6.07) is 17.6. The second-order valence-corrected chi connectivity index (χ2v) is 6.08. The van der Waals surface area contributed by atoms with Crippen LogP contribution in [-0.2, 0) is 21.5 Å². The van der Waals surface area contributed by atoms with E-state index in [-0.39, 0.29) is 18.2 Å². The van der Waals surface area contributed by atoms with E-state index >= 15 is 0 Å². The number of hydrogen-bond acceptors (Lipinski definition) is 2. The Labute approximate surface area is 136 Å². The van der Waals surface area contributed by atoms with Gasteiger partial charge >= 0.3 is 0 Å². The lowest BCUT2D eigenvalue weighted by atomic mass is 9.80. The van der Waals surface area contributed by atoms with E-state index < -0.39 is 5.41 Å². The predicted octanol–water partition coefficient (Wildman–Crippen LogP) is 2.63. The average molecular weight is 308 g/mol. The molecule has 0 spiro atoms. The van der Waals surface area contributed by atoms with Crippen LogP contribution >= 0.6 is 0 Å². The molecule has 0 aromatic heterocycles. The van der Waals surface area contributed by atoms with Crippen molar-refractivity contribution in [3.05, 3.63) is 65.7 Å². The highest BCUT2D eigenvalue weighted by atomic mass is 16.2. The maximum Gasteiger partial charge on any atom is 0.238 e. The Hall–Kier alpha value is -2.62. The standard InChI is InChI=1S/C19H20N2O2/c1-19(12-17(22)20-2)15-10-6-7-11-16(15)21(18(19)23)13-14-8-4-3-5-9-14/h3-11H,12-13H2,1-2H3,(H,20,22). The molecule has 4 heteroatoms. The Kier molecular flexibility index (Phi) is 3.90. The highest BCUT2D eigenvalue weighted by Crippen LogP contribution is 2.44. The number of hydrogen-bond donors (Lipinski definition) is 1. The lowest BCUT2D eigenvalue weighted by Gasteiger charge is -2.23. The Morgan fingerprint density at radius 1 is 1.09 bits per heavy atom. The van der Waals surface area contributed by atoms with Crippen molar-refractivity contribution in [3.63, 3.8) is 0 Å². The van der Waals surface area contributed by atoms with Crippen LogP contribution in [0, 0.1) is 0 Å². The molecule has 2 amide bonds. The van der Waals surface area contributed by atoms with E-state index in [9.17, 15) is 9.59 Å². The molecule has 118 valence electrons. The van der Waals surface area contributed by atoms with Crippen LogP contribution in [0.3, 0.4) is 0 Å². The van der Waals surface area contributed by atoms with Gasteiger partial charge in [-0.3, -0.25) is 9.59 Å². The molecule has 0 bridgehead atoms. The van der Waals surface area contributed by atoms with E-state index in [2.05, 4.69) is 5.32 Å². The van der Waals surface area contributed by atoms with Crippen molar-refractivity contribution in [1.29, 1.82) is 0 Å². The number of nitrogens with one attached hydrogen (secondary N) is 1. The van der Waals surface area contributed by atoms with Gasteiger partial charge in [-0.2, -0.15) is 0 Å². The second kappa shape index (κ2) is 5.88. The number of rotatable bonds is 4. The zero-order chi connectivity index (χ0) is 16.4. The molecule has 1 heterocycles. The van der Waals surface area contributed by atoms with Crippen molar-refractivity contribution in [1.82, 2.24) is 5.32 Å². The van der Waals surface area contributed by atoms with E-state index in [0.29, 0.717) is 6.54 Å². The van der Waals surface area contributed by atoms with Gasteiger partial charge in [0.25, 0.3) is 0 Å². The summed E-state index contributed by atoms with van der Waals surface area (Å²) < 4.78 is 0. The molecule has 1 N–H and O–H groups in total. The van der Waals surface area contributed by atoms with Gasteiger partial charge in [0.1, 0.15) is 0 Å². The van der Waals surface area contributed by atoms with E-state index in [4.69, 9.17) is 0 Å². The van der Waals surface area contributed by atoms with Gasteiger partial charge in [-0.05, 0) is 24.1 Å². The summed E-state index contributed by atoms with van der Waals surface area (Å²) in [4.78, 5) is 26.8. The van der Waals surface area contributed by atoms with Gasteiger partial charge < -0.3 is 10.2 Å². The van der Waals surface area contributed by atoms with Crippen molar-refractivity contribution in [2.75, 3.05) is 11.9 Å². The minimum Gasteiger partial charge on any atom is -0.359 e. The first-order chi connectivity index (χ1) is 11.1. The lowest BCUT2D eigenvalue weighted by molar-refractivity contribution is -0.129. The Balaban J connectivity index is 2.00. The summed E-state index contributed by atoms with van der Waals surface area (Å²) in [6.07, 6.45) is 0.157. The molecule has 0 fully saturated rings. The molecule has 23 heavy (non-hydrogen) atoms. The van der Waals surface area contributed by atoms with Crippen LogP contribution in [-0.4, -0.2) is 18.9 Å². The van der Waals surface area contributed by atoms with Crippen molar-refractivity contribution in [3.8, 4) is 0 Å².